The van der Waals surface area contributed by atoms with Crippen molar-refractivity contribution in [3.8, 4) is 5.75 Å². The van der Waals surface area contributed by atoms with E-state index in [2.05, 4.69) is 4.98 Å². The lowest BCUT2D eigenvalue weighted by molar-refractivity contribution is -0.132. The monoisotopic (exact) mass is 471 g/mol. The minimum Gasteiger partial charge on any atom is -0.507 e. The molecule has 2 aromatic heterocycles. The number of ether oxygens (including phenoxy) is 1. The number of fused-ring (bicyclic) bond motifs is 1. The first-order valence-electron chi connectivity index (χ1n) is 10.6. The fourth-order valence-electron chi connectivity index (χ4n) is 4.26. The van der Waals surface area contributed by atoms with E-state index in [1.165, 1.54) is 28.6 Å². The number of anilines is 1. The van der Waals surface area contributed by atoms with E-state index in [0.717, 1.165) is 21.3 Å². The lowest BCUT2D eigenvalue weighted by Crippen LogP contribution is -2.29. The van der Waals surface area contributed by atoms with Crippen LogP contribution < -0.4 is 9.64 Å². The van der Waals surface area contributed by atoms with Crippen LogP contribution in [-0.4, -0.2) is 33.9 Å². The van der Waals surface area contributed by atoms with Crippen LogP contribution in [0.15, 0.2) is 66.5 Å². The summed E-state index contributed by atoms with van der Waals surface area (Å²) in [7, 11) is 1.57. The first-order valence-corrected chi connectivity index (χ1v) is 11.4. The second-order valence-electron chi connectivity index (χ2n) is 8.10. The van der Waals surface area contributed by atoms with Crippen molar-refractivity contribution < 1.29 is 19.4 Å². The summed E-state index contributed by atoms with van der Waals surface area (Å²) in [6.07, 6.45) is 3.04. The molecule has 4 aromatic rings. The van der Waals surface area contributed by atoms with Gasteiger partial charge in [0.05, 0.1) is 28.9 Å². The number of amides is 1. The summed E-state index contributed by atoms with van der Waals surface area (Å²) in [5.74, 6) is -1.11. The van der Waals surface area contributed by atoms with Crippen LogP contribution in [0.5, 0.6) is 5.75 Å². The highest BCUT2D eigenvalue weighted by Gasteiger charge is 2.48. The lowest BCUT2D eigenvalue weighted by Gasteiger charge is -2.23. The molecule has 7 nitrogen and oxygen atoms in total. The lowest BCUT2D eigenvalue weighted by atomic mass is 9.95. The number of hydrogen-bond donors (Lipinski definition) is 1. The second kappa shape index (κ2) is 8.39. The molecule has 0 spiro atoms. The van der Waals surface area contributed by atoms with E-state index < -0.39 is 17.7 Å². The minimum absolute atomic E-state index is 0.00789. The maximum atomic E-state index is 13.3. The Morgan fingerprint density at radius 3 is 2.44 bits per heavy atom. The Labute approximate surface area is 200 Å². The van der Waals surface area contributed by atoms with Gasteiger partial charge < -0.3 is 9.84 Å². The third kappa shape index (κ3) is 3.52. The number of nitrogens with zero attached hydrogens (tertiary/aromatic N) is 3. The van der Waals surface area contributed by atoms with Gasteiger partial charge >= 0.3 is 5.91 Å². The third-order valence-electron chi connectivity index (χ3n) is 5.85. The Morgan fingerprint density at radius 1 is 1.06 bits per heavy atom. The molecule has 1 unspecified atom stereocenters. The molecule has 1 fully saturated rings. The molecule has 170 valence electrons. The van der Waals surface area contributed by atoms with Gasteiger partial charge in [-0.05, 0) is 60.9 Å². The van der Waals surface area contributed by atoms with E-state index in [-0.39, 0.29) is 11.3 Å². The summed E-state index contributed by atoms with van der Waals surface area (Å²) in [4.78, 5) is 36.7. The minimum atomic E-state index is -0.846. The van der Waals surface area contributed by atoms with Crippen LogP contribution in [-0.2, 0) is 9.59 Å². The summed E-state index contributed by atoms with van der Waals surface area (Å²) in [6, 6.07) is 13.5. The van der Waals surface area contributed by atoms with Gasteiger partial charge in [-0.1, -0.05) is 29.5 Å². The zero-order chi connectivity index (χ0) is 24.0. The molecular formula is C26H21N3O4S. The summed E-state index contributed by atoms with van der Waals surface area (Å²) in [6.45, 7) is 3.97. The molecule has 1 amide bonds. The molecule has 0 radical (unpaired) electrons. The fraction of sp³-hybridized carbons (Fsp3) is 0.154. The van der Waals surface area contributed by atoms with E-state index >= 15 is 0 Å². The van der Waals surface area contributed by atoms with Gasteiger partial charge in [-0.15, -0.1) is 0 Å². The number of aliphatic hydroxyl groups excluding tert-OH is 1. The Balaban J connectivity index is 1.74. The molecule has 3 heterocycles. The van der Waals surface area contributed by atoms with Gasteiger partial charge in [0.2, 0.25) is 0 Å². The number of ketones is 1. The molecule has 5 rings (SSSR count). The number of pyridine rings is 1. The Morgan fingerprint density at radius 2 is 1.76 bits per heavy atom. The van der Waals surface area contributed by atoms with Crippen molar-refractivity contribution >= 4 is 44.1 Å². The van der Waals surface area contributed by atoms with Gasteiger partial charge in [-0.2, -0.15) is 0 Å². The van der Waals surface area contributed by atoms with Gasteiger partial charge in [0.1, 0.15) is 11.5 Å². The highest BCUT2D eigenvalue weighted by molar-refractivity contribution is 7.22. The number of aromatic nitrogens is 2. The van der Waals surface area contributed by atoms with E-state index in [0.29, 0.717) is 22.0 Å². The zero-order valence-electron chi connectivity index (χ0n) is 18.8. The number of aryl methyl sites for hydroxylation is 2. The molecule has 1 aliphatic heterocycles. The van der Waals surface area contributed by atoms with Crippen molar-refractivity contribution in [3.05, 3.63) is 88.8 Å². The summed E-state index contributed by atoms with van der Waals surface area (Å²) in [5.41, 5.74) is 3.94. The van der Waals surface area contributed by atoms with Crippen LogP contribution in [0.2, 0.25) is 0 Å². The number of benzene rings is 2. The summed E-state index contributed by atoms with van der Waals surface area (Å²) in [5, 5.41) is 11.5. The van der Waals surface area contributed by atoms with Gasteiger partial charge in [-0.25, -0.2) is 4.98 Å². The van der Waals surface area contributed by atoms with E-state index in [1.807, 2.05) is 26.0 Å². The molecule has 0 bridgehead atoms. The quantitative estimate of drug-likeness (QED) is 0.257. The summed E-state index contributed by atoms with van der Waals surface area (Å²) >= 11 is 1.35. The number of methoxy groups -OCH3 is 1. The van der Waals surface area contributed by atoms with Crippen molar-refractivity contribution in [3.63, 3.8) is 0 Å². The van der Waals surface area contributed by atoms with E-state index in [1.54, 1.807) is 43.5 Å². The SMILES string of the molecule is COc1ccc(C2/C(=C(\O)c3ccncc3)C(=O)C(=O)N2c2nc3c(C)cc(C)cc3s2)cc1. The smallest absolute Gasteiger partial charge is 0.301 e. The predicted octanol–water partition coefficient (Wildman–Crippen LogP) is 4.94. The van der Waals surface area contributed by atoms with Crippen LogP contribution in [0.3, 0.4) is 0 Å². The highest BCUT2D eigenvalue weighted by Crippen LogP contribution is 2.44. The number of rotatable bonds is 4. The van der Waals surface area contributed by atoms with Crippen molar-refractivity contribution in [2.45, 2.75) is 19.9 Å². The molecule has 8 heteroatoms. The van der Waals surface area contributed by atoms with Crippen LogP contribution in [0.4, 0.5) is 5.13 Å². The number of Topliss-reactive ketones (excluding diaryl/α,β-unsaturated/α-hetero) is 1. The van der Waals surface area contributed by atoms with E-state index in [9.17, 15) is 14.7 Å². The Kier molecular flexibility index (Phi) is 5.37. The van der Waals surface area contributed by atoms with Gasteiger partial charge in [0, 0.05) is 18.0 Å². The summed E-state index contributed by atoms with van der Waals surface area (Å²) < 4.78 is 6.20. The molecule has 2 aromatic carbocycles. The Bertz CT molecular complexity index is 1460. The van der Waals surface area contributed by atoms with Crippen molar-refractivity contribution in [1.82, 2.24) is 9.97 Å². The number of carbonyl (C=O) groups excluding carboxylic acids is 2. The van der Waals surface area contributed by atoms with E-state index in [4.69, 9.17) is 9.72 Å². The number of hydrogen-bond acceptors (Lipinski definition) is 7. The predicted molar refractivity (Wildman–Crippen MR) is 131 cm³/mol. The van der Waals surface area contributed by atoms with Gasteiger partial charge in [-0.3, -0.25) is 19.5 Å². The number of thiazole rings is 1. The third-order valence-corrected chi connectivity index (χ3v) is 6.86. The molecule has 1 atom stereocenters. The number of aliphatic hydroxyl groups is 1. The highest BCUT2D eigenvalue weighted by atomic mass is 32.1. The maximum absolute atomic E-state index is 13.3. The Hall–Kier alpha value is -4.04. The van der Waals surface area contributed by atoms with Crippen molar-refractivity contribution in [1.29, 1.82) is 0 Å². The standard InChI is InChI=1S/C26H21N3O4S/c1-14-12-15(2)21-19(13-14)34-26(28-21)29-22(16-4-6-18(33-3)7-5-16)20(24(31)25(29)32)23(30)17-8-10-27-11-9-17/h4-13,22,30H,1-3H3/b23-20+. The van der Waals surface area contributed by atoms with Crippen molar-refractivity contribution in [2.75, 3.05) is 12.0 Å². The average Bonchev–Trinajstić information content (AvgIpc) is 3.38. The first-order chi connectivity index (χ1) is 16.4. The van der Waals surface area contributed by atoms with Crippen LogP contribution in [0, 0.1) is 13.8 Å². The zero-order valence-corrected chi connectivity index (χ0v) is 19.6. The largest absolute Gasteiger partial charge is 0.507 e. The van der Waals surface area contributed by atoms with Crippen LogP contribution in [0.1, 0.15) is 28.3 Å². The molecule has 1 aliphatic rings. The molecule has 1 saturated heterocycles. The normalized spacial score (nSPS) is 17.5. The fourth-order valence-corrected chi connectivity index (χ4v) is 5.43. The first kappa shape index (κ1) is 21.8. The topological polar surface area (TPSA) is 92.6 Å². The molecular weight excluding hydrogens is 450 g/mol. The van der Waals surface area contributed by atoms with Gasteiger partial charge in [0.25, 0.3) is 5.78 Å². The molecule has 0 aliphatic carbocycles. The molecule has 1 N–H and O–H groups in total. The average molecular weight is 472 g/mol. The van der Waals surface area contributed by atoms with Crippen LogP contribution in [0.25, 0.3) is 16.0 Å². The number of carbonyl (C=O) groups is 2. The maximum Gasteiger partial charge on any atom is 0.301 e. The van der Waals surface area contributed by atoms with Crippen molar-refractivity contribution in [2.24, 2.45) is 0 Å². The molecule has 34 heavy (non-hydrogen) atoms. The van der Waals surface area contributed by atoms with Gasteiger partial charge in [0.15, 0.2) is 5.13 Å². The second-order valence-corrected chi connectivity index (χ2v) is 9.11. The van der Waals surface area contributed by atoms with Crippen LogP contribution >= 0.6 is 11.3 Å². The molecule has 0 saturated carbocycles.